The van der Waals surface area contributed by atoms with Crippen LogP contribution in [-0.4, -0.2) is 0 Å². The molecule has 0 amide bonds. The minimum absolute atomic E-state index is 0.0774. The normalized spacial score (nSPS) is 11.8. The number of hydrogen-bond donors (Lipinski definition) is 1. The van der Waals surface area contributed by atoms with Crippen LogP contribution in [0, 0.1) is 12.7 Å². The number of hydrogen-bond acceptors (Lipinski definition) is 1. The molecule has 1 aromatic carbocycles. The summed E-state index contributed by atoms with van der Waals surface area (Å²) in [5.74, 6) is -1.04. The van der Waals surface area contributed by atoms with E-state index < -0.39 is 23.2 Å². The topological polar surface area (TPSA) is 26.0 Å². The Bertz CT molecular complexity index is 330. The quantitative estimate of drug-likeness (QED) is 0.497. The molecule has 1 rings (SSSR count). The number of nitrogens with two attached hydrogens (primary N) is 1. The van der Waals surface area contributed by atoms with Crippen LogP contribution >= 0.6 is 0 Å². The van der Waals surface area contributed by atoms with Crippen LogP contribution in [0.5, 0.6) is 0 Å². The van der Waals surface area contributed by atoms with Crippen LogP contribution in [0.2, 0.25) is 0 Å². The highest BCUT2D eigenvalue weighted by Crippen LogP contribution is 2.36. The predicted octanol–water partition coefficient (Wildman–Crippen LogP) is 2.74. The molecule has 0 aliphatic heterocycles. The predicted molar refractivity (Wildman–Crippen MR) is 40.6 cm³/mol. The molecule has 0 radical (unpaired) electrons. The monoisotopic (exact) mass is 193 g/mol. The summed E-state index contributed by atoms with van der Waals surface area (Å²) in [4.78, 5) is 0. The Labute approximate surface area is 72.2 Å². The van der Waals surface area contributed by atoms with Crippen LogP contribution in [0.15, 0.2) is 12.1 Å². The molecule has 0 aromatic heterocycles. The van der Waals surface area contributed by atoms with Gasteiger partial charge in [-0.15, -0.1) is 0 Å². The first-order chi connectivity index (χ1) is 5.84. The number of benzene rings is 1. The lowest BCUT2D eigenvalue weighted by Crippen LogP contribution is -2.12. The summed E-state index contributed by atoms with van der Waals surface area (Å²) >= 11 is 0. The number of aryl methyl sites for hydroxylation is 1. The van der Waals surface area contributed by atoms with Gasteiger partial charge in [0.05, 0.1) is 11.3 Å². The van der Waals surface area contributed by atoms with E-state index in [1.165, 1.54) is 6.92 Å². The lowest BCUT2D eigenvalue weighted by molar-refractivity contribution is -0.137. The molecule has 0 unspecified atom stereocenters. The van der Waals surface area contributed by atoms with Crippen LogP contribution in [0.4, 0.5) is 23.2 Å². The molecule has 0 bridgehead atoms. The van der Waals surface area contributed by atoms with Crippen molar-refractivity contribution >= 4 is 5.69 Å². The maximum atomic E-state index is 12.7. The zero-order valence-electron chi connectivity index (χ0n) is 6.74. The second-order valence-corrected chi connectivity index (χ2v) is 2.65. The van der Waals surface area contributed by atoms with Crippen molar-refractivity contribution in [2.24, 2.45) is 0 Å². The van der Waals surface area contributed by atoms with Gasteiger partial charge >= 0.3 is 6.18 Å². The molecule has 0 atom stereocenters. The van der Waals surface area contributed by atoms with Crippen LogP contribution in [-0.2, 0) is 6.18 Å². The maximum absolute atomic E-state index is 12.7. The highest BCUT2D eigenvalue weighted by atomic mass is 19.4. The lowest BCUT2D eigenvalue weighted by Gasteiger charge is -2.12. The molecule has 0 heterocycles. The van der Waals surface area contributed by atoms with E-state index in [2.05, 4.69) is 0 Å². The number of halogens is 4. The van der Waals surface area contributed by atoms with Gasteiger partial charge in [0.25, 0.3) is 0 Å². The van der Waals surface area contributed by atoms with E-state index in [-0.39, 0.29) is 5.56 Å². The maximum Gasteiger partial charge on any atom is 0.418 e. The van der Waals surface area contributed by atoms with E-state index in [0.717, 1.165) is 12.1 Å². The Balaban J connectivity index is 3.43. The number of anilines is 1. The largest absolute Gasteiger partial charge is 0.418 e. The summed E-state index contributed by atoms with van der Waals surface area (Å²) in [6.45, 7) is 1.23. The molecule has 2 N–H and O–H groups in total. The van der Waals surface area contributed by atoms with E-state index in [0.29, 0.717) is 0 Å². The Morgan fingerprint density at radius 3 is 2.15 bits per heavy atom. The van der Waals surface area contributed by atoms with Gasteiger partial charge in [0.2, 0.25) is 0 Å². The molecule has 0 saturated heterocycles. The van der Waals surface area contributed by atoms with E-state index in [1.54, 1.807) is 0 Å². The summed E-state index contributed by atoms with van der Waals surface area (Å²) in [5, 5.41) is 0. The van der Waals surface area contributed by atoms with Gasteiger partial charge in [0, 0.05) is 0 Å². The molecule has 0 aliphatic rings. The molecular weight excluding hydrogens is 186 g/mol. The lowest BCUT2D eigenvalue weighted by atomic mass is 10.1. The molecule has 72 valence electrons. The van der Waals surface area contributed by atoms with E-state index >= 15 is 0 Å². The third-order valence-electron chi connectivity index (χ3n) is 1.68. The van der Waals surface area contributed by atoms with Crippen molar-refractivity contribution in [1.82, 2.24) is 0 Å². The standard InChI is InChI=1S/C8H7F4N/c1-4-2-3-5(9)7(13)6(4)8(10,11)12/h2-3H,13H2,1H3. The smallest absolute Gasteiger partial charge is 0.396 e. The Morgan fingerprint density at radius 1 is 1.23 bits per heavy atom. The summed E-state index contributed by atoms with van der Waals surface area (Å²) in [5.41, 5.74) is 2.97. The van der Waals surface area contributed by atoms with Gasteiger partial charge in [0.1, 0.15) is 5.82 Å². The van der Waals surface area contributed by atoms with Gasteiger partial charge in [-0.1, -0.05) is 6.07 Å². The third kappa shape index (κ3) is 1.74. The van der Waals surface area contributed by atoms with Gasteiger partial charge in [0.15, 0.2) is 0 Å². The van der Waals surface area contributed by atoms with Gasteiger partial charge in [-0.3, -0.25) is 0 Å². The fourth-order valence-corrected chi connectivity index (χ4v) is 1.08. The molecule has 13 heavy (non-hydrogen) atoms. The summed E-state index contributed by atoms with van der Waals surface area (Å²) < 4.78 is 49.4. The molecule has 0 fully saturated rings. The first-order valence-electron chi connectivity index (χ1n) is 3.46. The first-order valence-corrected chi connectivity index (χ1v) is 3.46. The number of alkyl halides is 3. The molecule has 1 aromatic rings. The molecular formula is C8H7F4N. The zero-order valence-corrected chi connectivity index (χ0v) is 6.74. The number of rotatable bonds is 0. The van der Waals surface area contributed by atoms with Crippen molar-refractivity contribution in [2.45, 2.75) is 13.1 Å². The van der Waals surface area contributed by atoms with Gasteiger partial charge in [-0.2, -0.15) is 13.2 Å². The minimum atomic E-state index is -4.60. The Kier molecular flexibility index (Phi) is 2.19. The van der Waals surface area contributed by atoms with Crippen molar-refractivity contribution in [2.75, 3.05) is 5.73 Å². The Hall–Kier alpha value is -1.26. The van der Waals surface area contributed by atoms with Gasteiger partial charge < -0.3 is 5.73 Å². The summed E-state index contributed by atoms with van der Waals surface area (Å²) in [7, 11) is 0. The minimum Gasteiger partial charge on any atom is -0.396 e. The van der Waals surface area contributed by atoms with Crippen molar-refractivity contribution in [1.29, 1.82) is 0 Å². The second kappa shape index (κ2) is 2.90. The van der Waals surface area contributed by atoms with Crippen LogP contribution in [0.1, 0.15) is 11.1 Å². The van der Waals surface area contributed by atoms with Crippen molar-refractivity contribution in [3.05, 3.63) is 29.1 Å². The van der Waals surface area contributed by atoms with E-state index in [4.69, 9.17) is 5.73 Å². The van der Waals surface area contributed by atoms with Gasteiger partial charge in [-0.25, -0.2) is 4.39 Å². The van der Waals surface area contributed by atoms with Crippen molar-refractivity contribution < 1.29 is 17.6 Å². The average Bonchev–Trinajstić information content (AvgIpc) is 1.95. The van der Waals surface area contributed by atoms with Crippen molar-refractivity contribution in [3.63, 3.8) is 0 Å². The highest BCUT2D eigenvalue weighted by molar-refractivity contribution is 5.53. The number of nitrogen functional groups attached to an aromatic ring is 1. The first kappa shape index (κ1) is 9.83. The molecule has 0 saturated carbocycles. The SMILES string of the molecule is Cc1ccc(F)c(N)c1C(F)(F)F. The highest BCUT2D eigenvalue weighted by Gasteiger charge is 2.35. The fourth-order valence-electron chi connectivity index (χ4n) is 1.08. The Morgan fingerprint density at radius 2 is 1.77 bits per heavy atom. The summed E-state index contributed by atoms with van der Waals surface area (Å²) in [6.07, 6.45) is -4.60. The molecule has 0 spiro atoms. The average molecular weight is 193 g/mol. The van der Waals surface area contributed by atoms with Crippen molar-refractivity contribution in [3.8, 4) is 0 Å². The van der Waals surface area contributed by atoms with Crippen LogP contribution in [0.25, 0.3) is 0 Å². The molecule has 0 aliphatic carbocycles. The zero-order chi connectivity index (χ0) is 10.2. The van der Waals surface area contributed by atoms with Crippen LogP contribution < -0.4 is 5.73 Å². The third-order valence-corrected chi connectivity index (χ3v) is 1.68. The van der Waals surface area contributed by atoms with Gasteiger partial charge in [-0.05, 0) is 18.6 Å². The molecule has 5 heteroatoms. The fraction of sp³-hybridized carbons (Fsp3) is 0.250. The van der Waals surface area contributed by atoms with Crippen LogP contribution in [0.3, 0.4) is 0 Å². The molecule has 1 nitrogen and oxygen atoms in total. The summed E-state index contributed by atoms with van der Waals surface area (Å²) in [6, 6.07) is 1.97. The van der Waals surface area contributed by atoms with E-state index in [1.807, 2.05) is 0 Å². The van der Waals surface area contributed by atoms with E-state index in [9.17, 15) is 17.6 Å². The second-order valence-electron chi connectivity index (χ2n) is 2.65.